The SMILES string of the molecule is CNC(=O)c1ccc(B(O)O)nc1. The van der Waals surface area contributed by atoms with Gasteiger partial charge in [-0.05, 0) is 12.1 Å². The second-order valence-electron chi connectivity index (χ2n) is 2.42. The first-order chi connectivity index (χ1) is 6.15. The summed E-state index contributed by atoms with van der Waals surface area (Å²) in [6.45, 7) is 0. The molecule has 5 nitrogen and oxygen atoms in total. The van der Waals surface area contributed by atoms with E-state index in [4.69, 9.17) is 10.0 Å². The summed E-state index contributed by atoms with van der Waals surface area (Å²) in [5.41, 5.74) is 0.500. The van der Waals surface area contributed by atoms with Gasteiger partial charge < -0.3 is 15.4 Å². The summed E-state index contributed by atoms with van der Waals surface area (Å²) in [5, 5.41) is 19.8. The zero-order valence-electron chi connectivity index (χ0n) is 7.06. The van der Waals surface area contributed by atoms with Crippen molar-refractivity contribution in [2.24, 2.45) is 0 Å². The minimum Gasteiger partial charge on any atom is -0.422 e. The molecule has 1 aromatic rings. The van der Waals surface area contributed by atoms with Crippen molar-refractivity contribution in [1.29, 1.82) is 0 Å². The molecule has 0 fully saturated rings. The molecule has 3 N–H and O–H groups in total. The maximum atomic E-state index is 11.0. The summed E-state index contributed by atoms with van der Waals surface area (Å²) >= 11 is 0. The standard InChI is InChI=1S/C7H9BN2O3/c1-9-7(11)5-2-3-6(8(12)13)10-4-5/h2-4,12-13H,1H3,(H,9,11). The molecule has 0 bridgehead atoms. The lowest BCUT2D eigenvalue weighted by atomic mass is 9.85. The fraction of sp³-hybridized carbons (Fsp3) is 0.143. The molecule has 0 saturated heterocycles. The Bertz CT molecular complexity index is 299. The van der Waals surface area contributed by atoms with Crippen LogP contribution in [0.15, 0.2) is 18.3 Å². The van der Waals surface area contributed by atoms with Crippen LogP contribution in [0, 0.1) is 0 Å². The predicted molar refractivity (Wildman–Crippen MR) is 47.5 cm³/mol. The number of pyridine rings is 1. The molecular weight excluding hydrogens is 171 g/mol. The summed E-state index contributed by atoms with van der Waals surface area (Å²) in [6, 6.07) is 2.86. The van der Waals surface area contributed by atoms with E-state index in [9.17, 15) is 4.79 Å². The molecule has 0 aliphatic carbocycles. The zero-order valence-corrected chi connectivity index (χ0v) is 7.06. The average molecular weight is 180 g/mol. The maximum Gasteiger partial charge on any atom is 0.508 e. The summed E-state index contributed by atoms with van der Waals surface area (Å²) < 4.78 is 0. The van der Waals surface area contributed by atoms with Crippen LogP contribution in [0.5, 0.6) is 0 Å². The van der Waals surface area contributed by atoms with E-state index < -0.39 is 7.12 Å². The van der Waals surface area contributed by atoms with Crippen LogP contribution < -0.4 is 10.9 Å². The molecule has 1 heterocycles. The van der Waals surface area contributed by atoms with E-state index in [1.54, 1.807) is 0 Å². The van der Waals surface area contributed by atoms with Crippen LogP contribution in [0.3, 0.4) is 0 Å². The minimum absolute atomic E-state index is 0.118. The lowest BCUT2D eigenvalue weighted by molar-refractivity contribution is 0.0962. The highest BCUT2D eigenvalue weighted by Gasteiger charge is 2.12. The third-order valence-corrected chi connectivity index (χ3v) is 1.54. The molecule has 68 valence electrons. The number of carbonyl (C=O) groups excluding carboxylic acids is 1. The van der Waals surface area contributed by atoms with Crippen molar-refractivity contribution in [2.75, 3.05) is 7.05 Å². The van der Waals surface area contributed by atoms with Crippen LogP contribution in [-0.2, 0) is 0 Å². The van der Waals surface area contributed by atoms with Gasteiger partial charge in [0.25, 0.3) is 5.91 Å². The molecule has 0 aliphatic heterocycles. The molecule has 0 spiro atoms. The Morgan fingerprint density at radius 1 is 1.54 bits per heavy atom. The smallest absolute Gasteiger partial charge is 0.422 e. The molecule has 0 atom stereocenters. The van der Waals surface area contributed by atoms with Crippen molar-refractivity contribution >= 4 is 18.6 Å². The molecule has 0 saturated carbocycles. The van der Waals surface area contributed by atoms with Gasteiger partial charge in [-0.25, -0.2) is 0 Å². The Morgan fingerprint density at radius 2 is 2.23 bits per heavy atom. The van der Waals surface area contributed by atoms with Gasteiger partial charge >= 0.3 is 7.12 Å². The van der Waals surface area contributed by atoms with Gasteiger partial charge in [-0.3, -0.25) is 9.78 Å². The monoisotopic (exact) mass is 180 g/mol. The lowest BCUT2D eigenvalue weighted by Crippen LogP contribution is -2.33. The van der Waals surface area contributed by atoms with Crippen LogP contribution >= 0.6 is 0 Å². The Balaban J connectivity index is 2.87. The van der Waals surface area contributed by atoms with E-state index in [0.717, 1.165) is 0 Å². The van der Waals surface area contributed by atoms with E-state index in [0.29, 0.717) is 5.56 Å². The highest BCUT2D eigenvalue weighted by molar-refractivity contribution is 6.57. The van der Waals surface area contributed by atoms with Crippen LogP contribution in [0.4, 0.5) is 0 Å². The highest BCUT2D eigenvalue weighted by Crippen LogP contribution is 1.93. The van der Waals surface area contributed by atoms with Crippen molar-refractivity contribution in [1.82, 2.24) is 10.3 Å². The number of nitrogens with one attached hydrogen (secondary N) is 1. The van der Waals surface area contributed by atoms with Crippen LogP contribution in [-0.4, -0.2) is 35.1 Å². The second kappa shape index (κ2) is 4.02. The number of carbonyl (C=O) groups is 1. The molecule has 6 heteroatoms. The highest BCUT2D eigenvalue weighted by atomic mass is 16.4. The van der Waals surface area contributed by atoms with E-state index in [-0.39, 0.29) is 11.5 Å². The third kappa shape index (κ3) is 2.27. The average Bonchev–Trinajstić information content (AvgIpc) is 2.17. The molecule has 1 amide bonds. The molecule has 0 aromatic carbocycles. The number of rotatable bonds is 2. The normalized spacial score (nSPS) is 9.46. The summed E-state index contributed by atoms with van der Waals surface area (Å²) in [4.78, 5) is 14.7. The van der Waals surface area contributed by atoms with E-state index in [2.05, 4.69) is 10.3 Å². The number of hydrogen-bond acceptors (Lipinski definition) is 4. The quantitative estimate of drug-likeness (QED) is 0.465. The topological polar surface area (TPSA) is 82.5 Å². The van der Waals surface area contributed by atoms with Crippen LogP contribution in [0.2, 0.25) is 0 Å². The van der Waals surface area contributed by atoms with E-state index in [1.165, 1.54) is 25.4 Å². The Morgan fingerprint density at radius 3 is 2.62 bits per heavy atom. The fourth-order valence-corrected chi connectivity index (χ4v) is 0.837. The van der Waals surface area contributed by atoms with Crippen molar-refractivity contribution < 1.29 is 14.8 Å². The Hall–Kier alpha value is -1.40. The zero-order chi connectivity index (χ0) is 9.84. The lowest BCUT2D eigenvalue weighted by Gasteiger charge is -2.00. The van der Waals surface area contributed by atoms with Gasteiger partial charge in [-0.1, -0.05) is 0 Å². The Labute approximate surface area is 75.6 Å². The predicted octanol–water partition coefficient (Wildman–Crippen LogP) is -1.88. The minimum atomic E-state index is -1.60. The molecule has 1 rings (SSSR count). The first-order valence-electron chi connectivity index (χ1n) is 3.69. The van der Waals surface area contributed by atoms with Gasteiger partial charge in [0.1, 0.15) is 0 Å². The number of hydrogen-bond donors (Lipinski definition) is 3. The van der Waals surface area contributed by atoms with E-state index in [1.807, 2.05) is 0 Å². The molecule has 13 heavy (non-hydrogen) atoms. The van der Waals surface area contributed by atoms with Gasteiger partial charge in [-0.2, -0.15) is 0 Å². The van der Waals surface area contributed by atoms with Crippen molar-refractivity contribution in [3.8, 4) is 0 Å². The number of amides is 1. The van der Waals surface area contributed by atoms with Gasteiger partial charge in [0.2, 0.25) is 0 Å². The van der Waals surface area contributed by atoms with Crippen molar-refractivity contribution in [3.05, 3.63) is 23.9 Å². The first kappa shape index (κ1) is 9.69. The van der Waals surface area contributed by atoms with Gasteiger partial charge in [0.05, 0.1) is 11.2 Å². The molecule has 0 unspecified atom stereocenters. The van der Waals surface area contributed by atoms with Gasteiger partial charge in [-0.15, -0.1) is 0 Å². The third-order valence-electron chi connectivity index (χ3n) is 1.54. The van der Waals surface area contributed by atoms with Crippen LogP contribution in [0.25, 0.3) is 0 Å². The molecule has 0 aliphatic rings. The molecule has 0 radical (unpaired) electrons. The van der Waals surface area contributed by atoms with Crippen molar-refractivity contribution in [2.45, 2.75) is 0 Å². The van der Waals surface area contributed by atoms with E-state index >= 15 is 0 Å². The molecule has 1 aromatic heterocycles. The number of aromatic nitrogens is 1. The van der Waals surface area contributed by atoms with Crippen LogP contribution in [0.1, 0.15) is 10.4 Å². The number of nitrogens with zero attached hydrogens (tertiary/aromatic N) is 1. The molecular formula is C7H9BN2O3. The Kier molecular flexibility index (Phi) is 3.00. The maximum absolute atomic E-state index is 11.0. The largest absolute Gasteiger partial charge is 0.508 e. The first-order valence-corrected chi connectivity index (χ1v) is 3.69. The fourth-order valence-electron chi connectivity index (χ4n) is 0.837. The summed E-state index contributed by atoms with van der Waals surface area (Å²) in [6.07, 6.45) is 1.29. The second-order valence-corrected chi connectivity index (χ2v) is 2.42. The summed E-state index contributed by atoms with van der Waals surface area (Å²) in [7, 11) is -0.0873. The summed E-state index contributed by atoms with van der Waals surface area (Å²) in [5.74, 6) is -0.258. The van der Waals surface area contributed by atoms with Gasteiger partial charge in [0.15, 0.2) is 0 Å². The van der Waals surface area contributed by atoms with Crippen molar-refractivity contribution in [3.63, 3.8) is 0 Å². The van der Waals surface area contributed by atoms with Gasteiger partial charge in [0, 0.05) is 13.2 Å².